The minimum Gasteiger partial charge on any atom is -0.465 e. The summed E-state index contributed by atoms with van der Waals surface area (Å²) in [5.41, 5.74) is 0.277. The number of likely N-dealkylation sites (tertiary alicyclic amines) is 1. The molecule has 3 fully saturated rings. The Morgan fingerprint density at radius 1 is 1.06 bits per heavy atom. The number of fused-ring (bicyclic) bond motifs is 2. The number of carbonyl (C=O) groups excluding carboxylic acids is 3. The Hall–Kier alpha value is -3.79. The Bertz CT molecular complexity index is 1650. The van der Waals surface area contributed by atoms with Gasteiger partial charge in [0.25, 0.3) is 5.91 Å². The number of hydrogen-bond acceptors (Lipinski definition) is 6. The highest BCUT2D eigenvalue weighted by atomic mass is 79.9. The Balaban J connectivity index is 1.41. The van der Waals surface area contributed by atoms with Crippen LogP contribution >= 0.6 is 15.9 Å². The van der Waals surface area contributed by atoms with E-state index in [9.17, 15) is 14.7 Å². The molecule has 2 bridgehead atoms. The minimum atomic E-state index is -1.29. The van der Waals surface area contributed by atoms with Crippen LogP contribution in [0.25, 0.3) is 10.8 Å². The summed E-state index contributed by atoms with van der Waals surface area (Å²) >= 11 is 3.74. The van der Waals surface area contributed by atoms with E-state index in [1.165, 1.54) is 4.90 Å². The van der Waals surface area contributed by atoms with Gasteiger partial charge < -0.3 is 24.4 Å². The number of halogens is 1. The van der Waals surface area contributed by atoms with E-state index in [2.05, 4.69) is 29.1 Å². The Labute approximate surface area is 284 Å². The summed E-state index contributed by atoms with van der Waals surface area (Å²) in [6.07, 6.45) is 5.87. The van der Waals surface area contributed by atoms with Crippen LogP contribution in [-0.2, 0) is 30.3 Å². The monoisotopic (exact) mass is 700 g/mol. The summed E-state index contributed by atoms with van der Waals surface area (Å²) in [4.78, 5) is 46.4. The van der Waals surface area contributed by atoms with Gasteiger partial charge in [0, 0.05) is 17.1 Å². The lowest BCUT2D eigenvalue weighted by molar-refractivity contribution is -0.155. The second-order valence-electron chi connectivity index (χ2n) is 12.7. The molecule has 7 atom stereocenters. The van der Waals surface area contributed by atoms with Crippen LogP contribution in [0.15, 0.2) is 98.1 Å². The average Bonchev–Trinajstić information content (AvgIpc) is 3.69. The van der Waals surface area contributed by atoms with Crippen molar-refractivity contribution in [2.75, 3.05) is 24.7 Å². The van der Waals surface area contributed by atoms with Gasteiger partial charge in [0.1, 0.15) is 11.6 Å². The van der Waals surface area contributed by atoms with Crippen LogP contribution in [0.5, 0.6) is 0 Å². The van der Waals surface area contributed by atoms with Crippen LogP contribution in [0.4, 0.5) is 5.69 Å². The third-order valence-electron chi connectivity index (χ3n) is 9.82. The molecule has 0 radical (unpaired) electrons. The molecule has 3 aromatic carbocycles. The number of esters is 1. The maximum absolute atomic E-state index is 15.1. The van der Waals surface area contributed by atoms with E-state index in [4.69, 9.17) is 9.47 Å². The van der Waals surface area contributed by atoms with Gasteiger partial charge in [-0.3, -0.25) is 14.4 Å². The number of benzene rings is 3. The second-order valence-corrected chi connectivity index (χ2v) is 13.8. The zero-order chi connectivity index (χ0) is 33.1. The molecule has 47 heavy (non-hydrogen) atoms. The van der Waals surface area contributed by atoms with Gasteiger partial charge in [-0.15, -0.1) is 13.2 Å². The highest BCUT2D eigenvalue weighted by Crippen LogP contribution is 2.61. The molecule has 1 spiro atoms. The molecule has 3 unspecified atom stereocenters. The van der Waals surface area contributed by atoms with Crippen LogP contribution in [0.3, 0.4) is 0 Å². The molecule has 3 saturated heterocycles. The molecular formula is C38H41BrN2O6. The number of anilines is 1. The molecular weight excluding hydrogens is 660 g/mol. The van der Waals surface area contributed by atoms with Gasteiger partial charge in [-0.05, 0) is 60.6 Å². The zero-order valence-electron chi connectivity index (χ0n) is 26.4. The largest absolute Gasteiger partial charge is 0.465 e. The number of aliphatic hydroxyl groups excluding tert-OH is 1. The molecule has 3 aliphatic heterocycles. The van der Waals surface area contributed by atoms with Gasteiger partial charge in [-0.2, -0.15) is 0 Å². The van der Waals surface area contributed by atoms with Crippen molar-refractivity contribution in [3.63, 3.8) is 0 Å². The molecule has 3 aromatic rings. The fourth-order valence-corrected chi connectivity index (χ4v) is 8.69. The number of allylic oxidation sites excluding steroid dienone is 1. The van der Waals surface area contributed by atoms with Crippen LogP contribution in [-0.4, -0.2) is 76.2 Å². The molecule has 0 aromatic heterocycles. The molecule has 9 heteroatoms. The number of rotatable bonds is 14. The lowest BCUT2D eigenvalue weighted by Gasteiger charge is -2.39. The summed E-state index contributed by atoms with van der Waals surface area (Å²) in [6, 6.07) is 21.5. The number of nitrogens with zero attached hydrogens (tertiary/aromatic N) is 2. The number of hydrogen-bond donors (Lipinski definition) is 1. The van der Waals surface area contributed by atoms with E-state index >= 15 is 4.79 Å². The predicted molar refractivity (Wildman–Crippen MR) is 185 cm³/mol. The number of amides is 2. The average molecular weight is 702 g/mol. The van der Waals surface area contributed by atoms with Crippen molar-refractivity contribution in [3.05, 3.63) is 104 Å². The smallest absolute Gasteiger partial charge is 0.312 e. The topological polar surface area (TPSA) is 96.4 Å². The fourth-order valence-electron chi connectivity index (χ4n) is 7.75. The van der Waals surface area contributed by atoms with E-state index in [0.29, 0.717) is 24.9 Å². The number of alkyl halides is 1. The van der Waals surface area contributed by atoms with E-state index in [0.717, 1.165) is 29.2 Å². The van der Waals surface area contributed by atoms with Crippen LogP contribution < -0.4 is 4.90 Å². The van der Waals surface area contributed by atoms with Gasteiger partial charge >= 0.3 is 5.97 Å². The van der Waals surface area contributed by atoms with Crippen molar-refractivity contribution in [3.8, 4) is 0 Å². The van der Waals surface area contributed by atoms with Crippen molar-refractivity contribution >= 4 is 50.2 Å². The van der Waals surface area contributed by atoms with Crippen LogP contribution in [0.1, 0.15) is 31.2 Å². The second kappa shape index (κ2) is 14.1. The first-order chi connectivity index (χ1) is 22.8. The standard InChI is InChI=1S/C38H41BrN2O6/c1-3-5-6-12-20-46-37(45)31-32-35(43)41(29(24-42)21-25-13-8-7-9-14-25)34(38(32)23-30(39)33(31)47-38)36(44)40(19-4-2)28-18-17-26-15-10-11-16-27(26)22-28/h3-4,7-11,13-18,22,29-34,42H,1-2,5-6,12,19-21,23-24H2/t29-,30?,31+,32+,33+,34?,38?/m1/s1. The van der Waals surface area contributed by atoms with E-state index in [-0.39, 0.29) is 36.4 Å². The molecule has 2 amide bonds. The number of aliphatic hydroxyl groups is 1. The molecule has 3 heterocycles. The molecule has 3 aliphatic rings. The lowest BCUT2D eigenvalue weighted by atomic mass is 9.70. The van der Waals surface area contributed by atoms with E-state index in [1.807, 2.05) is 78.9 Å². The summed E-state index contributed by atoms with van der Waals surface area (Å²) in [6.45, 7) is 7.71. The first-order valence-corrected chi connectivity index (χ1v) is 17.2. The van der Waals surface area contributed by atoms with Crippen LogP contribution in [0, 0.1) is 11.8 Å². The Morgan fingerprint density at radius 3 is 2.53 bits per heavy atom. The van der Waals surface area contributed by atoms with Crippen molar-refractivity contribution in [1.29, 1.82) is 0 Å². The summed E-state index contributed by atoms with van der Waals surface area (Å²) in [7, 11) is 0. The predicted octanol–water partition coefficient (Wildman–Crippen LogP) is 5.61. The maximum atomic E-state index is 15.1. The third-order valence-corrected chi connectivity index (χ3v) is 10.7. The molecule has 0 saturated carbocycles. The fraction of sp³-hybridized carbons (Fsp3) is 0.395. The molecule has 8 nitrogen and oxygen atoms in total. The number of carbonyl (C=O) groups is 3. The number of ether oxygens (including phenoxy) is 2. The van der Waals surface area contributed by atoms with Gasteiger partial charge in [-0.25, -0.2) is 0 Å². The van der Waals surface area contributed by atoms with Crippen LogP contribution in [0.2, 0.25) is 0 Å². The first kappa shape index (κ1) is 33.1. The van der Waals surface area contributed by atoms with Crippen molar-refractivity contribution in [2.45, 2.75) is 60.7 Å². The highest BCUT2D eigenvalue weighted by molar-refractivity contribution is 9.09. The first-order valence-electron chi connectivity index (χ1n) is 16.3. The normalized spacial score (nSPS) is 26.6. The van der Waals surface area contributed by atoms with Crippen molar-refractivity contribution < 1.29 is 29.0 Å². The Morgan fingerprint density at radius 2 is 1.81 bits per heavy atom. The maximum Gasteiger partial charge on any atom is 0.312 e. The summed E-state index contributed by atoms with van der Waals surface area (Å²) in [5.74, 6) is -3.02. The number of unbranched alkanes of at least 4 members (excludes halogenated alkanes) is 2. The zero-order valence-corrected chi connectivity index (χ0v) is 28.0. The highest BCUT2D eigenvalue weighted by Gasteiger charge is 2.77. The van der Waals surface area contributed by atoms with Crippen molar-refractivity contribution in [1.82, 2.24) is 4.90 Å². The van der Waals surface area contributed by atoms with Crippen molar-refractivity contribution in [2.24, 2.45) is 11.8 Å². The van der Waals surface area contributed by atoms with Gasteiger partial charge in [0.05, 0.1) is 37.2 Å². The SMILES string of the molecule is C=CCCCCOC(=O)[C@H]1[C@H]2C(=O)N([C@@H](CO)Cc3ccccc3)C(C(=O)N(CC=C)c3ccc4ccccc4c3)C23CC(Br)[C@@H]1O3. The van der Waals surface area contributed by atoms with E-state index in [1.54, 1.807) is 11.0 Å². The summed E-state index contributed by atoms with van der Waals surface area (Å²) < 4.78 is 12.4. The van der Waals surface area contributed by atoms with Gasteiger partial charge in [0.15, 0.2) is 0 Å². The molecule has 6 rings (SSSR count). The van der Waals surface area contributed by atoms with E-state index < -0.39 is 41.6 Å². The molecule has 1 N–H and O–H groups in total. The quantitative estimate of drug-likeness (QED) is 0.102. The molecule has 246 valence electrons. The lowest BCUT2D eigenvalue weighted by Crippen LogP contribution is -2.59. The Kier molecular flexibility index (Phi) is 9.96. The third kappa shape index (κ3) is 6.05. The minimum absolute atomic E-state index is 0.191. The van der Waals surface area contributed by atoms with Gasteiger partial charge in [-0.1, -0.05) is 88.7 Å². The molecule has 0 aliphatic carbocycles. The summed E-state index contributed by atoms with van der Waals surface area (Å²) in [5, 5.41) is 12.8. The van der Waals surface area contributed by atoms with Gasteiger partial charge in [0.2, 0.25) is 5.91 Å².